The molecule has 1 amide bonds. The number of hydrogen-bond donors (Lipinski definition) is 2. The molecule has 1 aromatic rings. The van der Waals surface area contributed by atoms with Crippen molar-refractivity contribution in [1.82, 2.24) is 10.2 Å². The van der Waals surface area contributed by atoms with E-state index in [0.717, 1.165) is 44.8 Å². The Hall–Kier alpha value is -1.75. The van der Waals surface area contributed by atoms with Gasteiger partial charge in [0.1, 0.15) is 5.75 Å². The van der Waals surface area contributed by atoms with E-state index in [4.69, 9.17) is 0 Å². The molecule has 2 fully saturated rings. The molecule has 5 nitrogen and oxygen atoms in total. The quantitative estimate of drug-likeness (QED) is 0.854. The lowest BCUT2D eigenvalue weighted by molar-refractivity contribution is -0.136. The number of hydrogen-bond acceptors (Lipinski definition) is 4. The second-order valence-electron chi connectivity index (χ2n) is 5.94. The first kappa shape index (κ1) is 14.2. The van der Waals surface area contributed by atoms with Crippen LogP contribution in [0.5, 0.6) is 5.75 Å². The molecule has 2 heterocycles. The normalized spacial score (nSPS) is 26.1. The van der Waals surface area contributed by atoms with E-state index in [0.29, 0.717) is 5.75 Å². The number of phenolic OH excluding ortho intramolecular Hbond substituents is 1. The number of nitrogens with one attached hydrogen (secondary N) is 1. The minimum Gasteiger partial charge on any atom is -0.506 e. The summed E-state index contributed by atoms with van der Waals surface area (Å²) in [4.78, 5) is 16.7. The highest BCUT2D eigenvalue weighted by Crippen LogP contribution is 2.27. The number of phenols is 1. The van der Waals surface area contributed by atoms with Crippen LogP contribution in [0.3, 0.4) is 0 Å². The first-order valence-electron chi connectivity index (χ1n) is 7.72. The number of rotatable bonds is 2. The maximum Gasteiger partial charge on any atom is 0.227 e. The van der Waals surface area contributed by atoms with Crippen LogP contribution in [-0.4, -0.2) is 54.7 Å². The predicted molar refractivity (Wildman–Crippen MR) is 82.5 cm³/mol. The van der Waals surface area contributed by atoms with Gasteiger partial charge in [0.15, 0.2) is 0 Å². The zero-order chi connectivity index (χ0) is 14.8. The Kier molecular flexibility index (Phi) is 4.01. The van der Waals surface area contributed by atoms with Crippen LogP contribution in [0.25, 0.3) is 0 Å². The second-order valence-corrected chi connectivity index (χ2v) is 5.94. The summed E-state index contributed by atoms with van der Waals surface area (Å²) in [6.07, 6.45) is 0.944. The van der Waals surface area contributed by atoms with Gasteiger partial charge in [-0.3, -0.25) is 4.79 Å². The van der Waals surface area contributed by atoms with Crippen LogP contribution in [-0.2, 0) is 4.79 Å². The highest BCUT2D eigenvalue weighted by molar-refractivity contribution is 5.80. The van der Waals surface area contributed by atoms with E-state index < -0.39 is 0 Å². The summed E-state index contributed by atoms with van der Waals surface area (Å²) in [5.41, 5.74) is 0.862. The minimum absolute atomic E-state index is 0.127. The van der Waals surface area contributed by atoms with E-state index in [1.165, 1.54) is 0 Å². The van der Waals surface area contributed by atoms with E-state index in [1.54, 1.807) is 6.07 Å². The molecule has 2 atom stereocenters. The molecule has 114 valence electrons. The number of anilines is 1. The van der Waals surface area contributed by atoms with Crippen LogP contribution in [0.1, 0.15) is 13.3 Å². The van der Waals surface area contributed by atoms with Crippen molar-refractivity contribution in [2.24, 2.45) is 5.92 Å². The lowest BCUT2D eigenvalue weighted by Crippen LogP contribution is -2.51. The number of carbonyl (C=O) groups excluding carboxylic acids is 1. The third kappa shape index (κ3) is 2.83. The van der Waals surface area contributed by atoms with Gasteiger partial charge in [0.2, 0.25) is 5.91 Å². The fraction of sp³-hybridized carbons (Fsp3) is 0.562. The Balaban J connectivity index is 1.60. The molecule has 3 rings (SSSR count). The van der Waals surface area contributed by atoms with Crippen molar-refractivity contribution in [2.45, 2.75) is 19.4 Å². The molecule has 0 spiro atoms. The summed E-state index contributed by atoms with van der Waals surface area (Å²) in [7, 11) is 0. The van der Waals surface area contributed by atoms with Gasteiger partial charge < -0.3 is 20.2 Å². The van der Waals surface area contributed by atoms with Gasteiger partial charge in [-0.05, 0) is 32.0 Å². The van der Waals surface area contributed by atoms with Crippen molar-refractivity contribution in [3.63, 3.8) is 0 Å². The van der Waals surface area contributed by atoms with Crippen molar-refractivity contribution in [1.29, 1.82) is 0 Å². The molecule has 0 aromatic heterocycles. The first-order valence-corrected chi connectivity index (χ1v) is 7.72. The van der Waals surface area contributed by atoms with Gasteiger partial charge in [-0.15, -0.1) is 0 Å². The zero-order valence-electron chi connectivity index (χ0n) is 12.5. The van der Waals surface area contributed by atoms with E-state index >= 15 is 0 Å². The number of piperazine rings is 1. The smallest absolute Gasteiger partial charge is 0.227 e. The largest absolute Gasteiger partial charge is 0.506 e. The number of nitrogens with zero attached hydrogens (tertiary/aromatic N) is 2. The highest BCUT2D eigenvalue weighted by atomic mass is 16.3. The van der Waals surface area contributed by atoms with Gasteiger partial charge >= 0.3 is 0 Å². The van der Waals surface area contributed by atoms with Gasteiger partial charge in [0.05, 0.1) is 11.6 Å². The summed E-state index contributed by atoms with van der Waals surface area (Å²) in [6.45, 7) is 6.05. The molecule has 1 aromatic carbocycles. The van der Waals surface area contributed by atoms with Crippen LogP contribution >= 0.6 is 0 Å². The lowest BCUT2D eigenvalue weighted by Gasteiger charge is -2.37. The third-order valence-corrected chi connectivity index (χ3v) is 4.66. The average molecular weight is 289 g/mol. The Labute approximate surface area is 125 Å². The topological polar surface area (TPSA) is 55.8 Å². The monoisotopic (exact) mass is 289 g/mol. The predicted octanol–water partition coefficient (Wildman–Crippen LogP) is 1.04. The van der Waals surface area contributed by atoms with E-state index in [2.05, 4.69) is 17.1 Å². The highest BCUT2D eigenvalue weighted by Gasteiger charge is 2.34. The standard InChI is InChI=1S/C16H23N3O2/c1-12-13(6-7-17-12)16(21)19-10-8-18(9-11-19)14-4-2-3-5-15(14)20/h2-5,12-13,17,20H,6-11H2,1H3. The van der Waals surface area contributed by atoms with Gasteiger partial charge in [-0.2, -0.15) is 0 Å². The lowest BCUT2D eigenvalue weighted by atomic mass is 10.00. The van der Waals surface area contributed by atoms with Crippen molar-refractivity contribution < 1.29 is 9.90 Å². The molecule has 2 unspecified atom stereocenters. The molecule has 2 aliphatic rings. The summed E-state index contributed by atoms with van der Waals surface area (Å²) in [6, 6.07) is 7.67. The molecule has 0 saturated carbocycles. The molecular formula is C16H23N3O2. The SMILES string of the molecule is CC1NCCC1C(=O)N1CCN(c2ccccc2O)CC1. The number of carbonyl (C=O) groups is 1. The van der Waals surface area contributed by atoms with Crippen LogP contribution in [0.15, 0.2) is 24.3 Å². The van der Waals surface area contributed by atoms with Gasteiger partial charge in [0, 0.05) is 32.2 Å². The fourth-order valence-corrected chi connectivity index (χ4v) is 3.33. The summed E-state index contributed by atoms with van der Waals surface area (Å²) >= 11 is 0. The Bertz CT molecular complexity index is 512. The van der Waals surface area contributed by atoms with Crippen molar-refractivity contribution >= 4 is 11.6 Å². The van der Waals surface area contributed by atoms with Crippen molar-refractivity contribution in [2.75, 3.05) is 37.6 Å². The third-order valence-electron chi connectivity index (χ3n) is 4.66. The molecular weight excluding hydrogens is 266 g/mol. The van der Waals surface area contributed by atoms with E-state index in [9.17, 15) is 9.90 Å². The van der Waals surface area contributed by atoms with Crippen LogP contribution < -0.4 is 10.2 Å². The first-order chi connectivity index (χ1) is 10.2. The average Bonchev–Trinajstić information content (AvgIpc) is 2.93. The van der Waals surface area contributed by atoms with E-state index in [-0.39, 0.29) is 17.9 Å². The summed E-state index contributed by atoms with van der Waals surface area (Å²) < 4.78 is 0. The maximum absolute atomic E-state index is 12.5. The van der Waals surface area contributed by atoms with Crippen LogP contribution in [0.4, 0.5) is 5.69 Å². The molecule has 5 heteroatoms. The number of benzene rings is 1. The molecule has 0 radical (unpaired) electrons. The number of aromatic hydroxyl groups is 1. The molecule has 2 saturated heterocycles. The van der Waals surface area contributed by atoms with Gasteiger partial charge in [-0.1, -0.05) is 12.1 Å². The van der Waals surface area contributed by atoms with Crippen LogP contribution in [0.2, 0.25) is 0 Å². The molecule has 0 bridgehead atoms. The molecule has 0 aliphatic carbocycles. The summed E-state index contributed by atoms with van der Waals surface area (Å²) in [5, 5.41) is 13.3. The maximum atomic E-state index is 12.5. The minimum atomic E-state index is 0.127. The van der Waals surface area contributed by atoms with Crippen molar-refractivity contribution in [3.05, 3.63) is 24.3 Å². The number of para-hydroxylation sites is 2. The zero-order valence-corrected chi connectivity index (χ0v) is 12.5. The van der Waals surface area contributed by atoms with Gasteiger partial charge in [0.25, 0.3) is 0 Å². The molecule has 21 heavy (non-hydrogen) atoms. The van der Waals surface area contributed by atoms with Gasteiger partial charge in [-0.25, -0.2) is 0 Å². The van der Waals surface area contributed by atoms with E-state index in [1.807, 2.05) is 23.1 Å². The Morgan fingerprint density at radius 2 is 1.95 bits per heavy atom. The fourth-order valence-electron chi connectivity index (χ4n) is 3.33. The Morgan fingerprint density at radius 3 is 2.57 bits per heavy atom. The molecule has 2 aliphatic heterocycles. The van der Waals surface area contributed by atoms with Crippen LogP contribution in [0, 0.1) is 5.92 Å². The number of amides is 1. The summed E-state index contributed by atoms with van der Waals surface area (Å²) in [5.74, 6) is 0.719. The Morgan fingerprint density at radius 1 is 1.24 bits per heavy atom. The second kappa shape index (κ2) is 5.93. The molecule has 2 N–H and O–H groups in total. The van der Waals surface area contributed by atoms with Crippen molar-refractivity contribution in [3.8, 4) is 5.75 Å².